The van der Waals surface area contributed by atoms with Crippen molar-refractivity contribution in [1.82, 2.24) is 0 Å². The van der Waals surface area contributed by atoms with Crippen LogP contribution in [0.4, 0.5) is 0 Å². The van der Waals surface area contributed by atoms with Gasteiger partial charge in [0, 0.05) is 11.8 Å². The van der Waals surface area contributed by atoms with Crippen LogP contribution in [0.3, 0.4) is 0 Å². The first-order valence-electron chi connectivity index (χ1n) is 5.29. The van der Waals surface area contributed by atoms with Crippen LogP contribution < -0.4 is 5.46 Å². The first kappa shape index (κ1) is 12.9. The van der Waals surface area contributed by atoms with Crippen LogP contribution >= 0.6 is 0 Å². The minimum absolute atomic E-state index is 0.136. The van der Waals surface area contributed by atoms with E-state index in [2.05, 4.69) is 0 Å². The van der Waals surface area contributed by atoms with Gasteiger partial charge >= 0.3 is 7.12 Å². The van der Waals surface area contributed by atoms with Crippen LogP contribution in [0.1, 0.15) is 26.3 Å². The fraction of sp³-hybridized carbons (Fsp3) is 0.417. The molecule has 86 valence electrons. The smallest absolute Gasteiger partial charge is 0.423 e. The molecular formula is C12H17BO3. The molecular weight excluding hydrogens is 203 g/mol. The predicted octanol–water partition coefficient (Wildman–Crippen LogP) is 0.524. The van der Waals surface area contributed by atoms with E-state index in [1.165, 1.54) is 0 Å². The van der Waals surface area contributed by atoms with Gasteiger partial charge in [0.05, 0.1) is 0 Å². The zero-order valence-electron chi connectivity index (χ0n) is 9.90. The second kappa shape index (κ2) is 4.81. The van der Waals surface area contributed by atoms with E-state index >= 15 is 0 Å². The van der Waals surface area contributed by atoms with Crippen LogP contribution in [0.5, 0.6) is 0 Å². The molecule has 0 aliphatic carbocycles. The van der Waals surface area contributed by atoms with Crippen molar-refractivity contribution in [2.45, 2.75) is 27.2 Å². The lowest BCUT2D eigenvalue weighted by molar-refractivity contribution is -0.125. The van der Waals surface area contributed by atoms with Crippen molar-refractivity contribution in [1.29, 1.82) is 0 Å². The summed E-state index contributed by atoms with van der Waals surface area (Å²) in [7, 11) is -1.48. The number of rotatable bonds is 3. The molecule has 1 aromatic carbocycles. The highest BCUT2D eigenvalue weighted by molar-refractivity contribution is 6.58. The fourth-order valence-electron chi connectivity index (χ4n) is 1.31. The largest absolute Gasteiger partial charge is 0.488 e. The molecule has 2 N–H and O–H groups in total. The lowest BCUT2D eigenvalue weighted by Gasteiger charge is -2.16. The fourth-order valence-corrected chi connectivity index (χ4v) is 1.31. The molecule has 0 fully saturated rings. The molecule has 1 aromatic rings. The highest BCUT2D eigenvalue weighted by Crippen LogP contribution is 2.17. The number of Topliss-reactive ketones (excluding diaryl/α,β-unsaturated/α-hetero) is 1. The van der Waals surface area contributed by atoms with Gasteiger partial charge in [-0.3, -0.25) is 4.79 Å². The molecule has 4 heteroatoms. The standard InChI is InChI=1S/C12H17BO3/c1-12(2,3)11(14)8-9-5-4-6-10(7-9)13(15)16/h4-7,15-16H,8H2,1-3H3. The minimum atomic E-state index is -1.48. The Morgan fingerprint density at radius 3 is 2.44 bits per heavy atom. The Balaban J connectivity index is 2.83. The summed E-state index contributed by atoms with van der Waals surface area (Å²) in [5.41, 5.74) is 0.859. The Kier molecular flexibility index (Phi) is 3.89. The summed E-state index contributed by atoms with van der Waals surface area (Å²) < 4.78 is 0. The highest BCUT2D eigenvalue weighted by Gasteiger charge is 2.21. The van der Waals surface area contributed by atoms with Crippen LogP contribution in [0.2, 0.25) is 0 Å². The van der Waals surface area contributed by atoms with E-state index in [0.29, 0.717) is 11.9 Å². The van der Waals surface area contributed by atoms with Gasteiger partial charge < -0.3 is 10.0 Å². The van der Waals surface area contributed by atoms with E-state index in [1.807, 2.05) is 26.8 Å². The monoisotopic (exact) mass is 220 g/mol. The summed E-state index contributed by atoms with van der Waals surface area (Å²) in [5, 5.41) is 18.0. The summed E-state index contributed by atoms with van der Waals surface area (Å²) >= 11 is 0. The maximum atomic E-state index is 11.8. The second-order valence-electron chi connectivity index (χ2n) is 4.97. The predicted molar refractivity (Wildman–Crippen MR) is 64.4 cm³/mol. The third-order valence-corrected chi connectivity index (χ3v) is 2.45. The molecule has 0 amide bonds. The number of carbonyl (C=O) groups is 1. The van der Waals surface area contributed by atoms with Gasteiger partial charge in [-0.1, -0.05) is 45.0 Å². The minimum Gasteiger partial charge on any atom is -0.423 e. The molecule has 3 nitrogen and oxygen atoms in total. The highest BCUT2D eigenvalue weighted by atomic mass is 16.4. The number of ketones is 1. The molecule has 0 saturated heterocycles. The van der Waals surface area contributed by atoms with Crippen molar-refractivity contribution in [3.05, 3.63) is 29.8 Å². The van der Waals surface area contributed by atoms with Gasteiger partial charge in [0.1, 0.15) is 5.78 Å². The molecule has 0 aliphatic heterocycles. The van der Waals surface area contributed by atoms with E-state index in [4.69, 9.17) is 10.0 Å². The first-order valence-corrected chi connectivity index (χ1v) is 5.29. The average molecular weight is 220 g/mol. The molecule has 0 spiro atoms. The van der Waals surface area contributed by atoms with Crippen molar-refractivity contribution in [3.8, 4) is 0 Å². The maximum Gasteiger partial charge on any atom is 0.488 e. The summed E-state index contributed by atoms with van der Waals surface area (Å²) in [4.78, 5) is 11.8. The van der Waals surface area contributed by atoms with Gasteiger partial charge in [-0.15, -0.1) is 0 Å². The molecule has 0 bridgehead atoms. The first-order chi connectivity index (χ1) is 7.30. The van der Waals surface area contributed by atoms with E-state index in [1.54, 1.807) is 18.2 Å². The topological polar surface area (TPSA) is 57.5 Å². The molecule has 0 aliphatic rings. The third kappa shape index (κ3) is 3.47. The van der Waals surface area contributed by atoms with Gasteiger partial charge in [0.25, 0.3) is 0 Å². The third-order valence-electron chi connectivity index (χ3n) is 2.45. The molecule has 0 unspecified atom stereocenters. The van der Waals surface area contributed by atoms with E-state index in [0.717, 1.165) is 5.56 Å². The summed E-state index contributed by atoms with van der Waals surface area (Å²) in [6.45, 7) is 5.63. The van der Waals surface area contributed by atoms with Gasteiger partial charge in [-0.2, -0.15) is 0 Å². The van der Waals surface area contributed by atoms with Gasteiger partial charge in [0.2, 0.25) is 0 Å². The van der Waals surface area contributed by atoms with Crippen molar-refractivity contribution in [2.24, 2.45) is 5.41 Å². The Bertz CT molecular complexity index is 380. The van der Waals surface area contributed by atoms with Gasteiger partial charge in [0.15, 0.2) is 0 Å². The van der Waals surface area contributed by atoms with Crippen molar-refractivity contribution in [2.75, 3.05) is 0 Å². The van der Waals surface area contributed by atoms with E-state index in [-0.39, 0.29) is 11.2 Å². The van der Waals surface area contributed by atoms with Crippen LogP contribution in [-0.4, -0.2) is 22.9 Å². The normalized spacial score (nSPS) is 11.3. The summed E-state index contributed by atoms with van der Waals surface area (Å²) in [6.07, 6.45) is 0.323. The Morgan fingerprint density at radius 2 is 1.94 bits per heavy atom. The lowest BCUT2D eigenvalue weighted by atomic mass is 9.78. The van der Waals surface area contributed by atoms with Crippen molar-refractivity contribution >= 4 is 18.4 Å². The molecule has 0 aromatic heterocycles. The molecule has 0 saturated carbocycles. The molecule has 16 heavy (non-hydrogen) atoms. The zero-order chi connectivity index (χ0) is 12.3. The lowest BCUT2D eigenvalue weighted by Crippen LogP contribution is -2.30. The maximum absolute atomic E-state index is 11.8. The molecule has 0 radical (unpaired) electrons. The van der Waals surface area contributed by atoms with Crippen LogP contribution in [0, 0.1) is 5.41 Å². The molecule has 0 heterocycles. The number of benzene rings is 1. The summed E-state index contributed by atoms with van der Waals surface area (Å²) in [6, 6.07) is 6.81. The average Bonchev–Trinajstić information content (AvgIpc) is 2.16. The Morgan fingerprint density at radius 1 is 1.31 bits per heavy atom. The zero-order valence-corrected chi connectivity index (χ0v) is 9.90. The number of hydrogen-bond acceptors (Lipinski definition) is 3. The van der Waals surface area contributed by atoms with Gasteiger partial charge in [-0.25, -0.2) is 0 Å². The van der Waals surface area contributed by atoms with Crippen LogP contribution in [0.15, 0.2) is 24.3 Å². The molecule has 0 atom stereocenters. The Hall–Kier alpha value is -1.13. The SMILES string of the molecule is CC(C)(C)C(=O)Cc1cccc(B(O)O)c1. The van der Waals surface area contributed by atoms with E-state index in [9.17, 15) is 4.79 Å². The van der Waals surface area contributed by atoms with Crippen LogP contribution in [-0.2, 0) is 11.2 Å². The van der Waals surface area contributed by atoms with E-state index < -0.39 is 7.12 Å². The van der Waals surface area contributed by atoms with Crippen molar-refractivity contribution < 1.29 is 14.8 Å². The number of hydrogen-bond donors (Lipinski definition) is 2. The van der Waals surface area contributed by atoms with Crippen molar-refractivity contribution in [3.63, 3.8) is 0 Å². The summed E-state index contributed by atoms with van der Waals surface area (Å²) in [5.74, 6) is 0.136. The molecule has 1 rings (SSSR count). The van der Waals surface area contributed by atoms with Gasteiger partial charge in [-0.05, 0) is 11.0 Å². The second-order valence-corrected chi connectivity index (χ2v) is 4.97. The Labute approximate surface area is 96.3 Å². The van der Waals surface area contributed by atoms with Crippen LogP contribution in [0.25, 0.3) is 0 Å². The quantitative estimate of drug-likeness (QED) is 0.730. The number of carbonyl (C=O) groups excluding carboxylic acids is 1.